The Morgan fingerprint density at radius 3 is 2.56 bits per heavy atom. The Morgan fingerprint density at radius 1 is 1.44 bits per heavy atom. The van der Waals surface area contributed by atoms with Crippen LogP contribution < -0.4 is 5.32 Å². The molecule has 0 aromatic heterocycles. The van der Waals surface area contributed by atoms with Crippen LogP contribution in [0, 0.1) is 6.92 Å². The summed E-state index contributed by atoms with van der Waals surface area (Å²) in [6.07, 6.45) is -6.03. The van der Waals surface area contributed by atoms with E-state index in [-0.39, 0.29) is 10.7 Å². The summed E-state index contributed by atoms with van der Waals surface area (Å²) in [5.74, 6) is -1.12. The summed E-state index contributed by atoms with van der Waals surface area (Å²) in [5.41, 5.74) is 0.835. The minimum absolute atomic E-state index is 0.218. The molecular weight excluding hydrogens is 243 g/mol. The van der Waals surface area contributed by atoms with E-state index in [2.05, 4.69) is 5.32 Å². The van der Waals surface area contributed by atoms with Gasteiger partial charge in [-0.1, -0.05) is 23.7 Å². The number of carbonyl (C=O) groups is 1. The van der Waals surface area contributed by atoms with E-state index in [1.54, 1.807) is 19.1 Å². The molecular formula is C10H9ClF3NO. The Kier molecular flexibility index (Phi) is 3.80. The number of benzene rings is 1. The van der Waals surface area contributed by atoms with Gasteiger partial charge < -0.3 is 5.32 Å². The van der Waals surface area contributed by atoms with Crippen molar-refractivity contribution in [2.75, 3.05) is 5.32 Å². The van der Waals surface area contributed by atoms with Crippen molar-refractivity contribution < 1.29 is 18.0 Å². The summed E-state index contributed by atoms with van der Waals surface area (Å²) >= 11 is 5.75. The Bertz CT molecular complexity index is 383. The second-order valence-corrected chi connectivity index (χ2v) is 3.68. The van der Waals surface area contributed by atoms with E-state index in [9.17, 15) is 18.0 Å². The predicted molar refractivity (Wildman–Crippen MR) is 55.5 cm³/mol. The number of halogens is 4. The smallest absolute Gasteiger partial charge is 0.324 e. The molecule has 0 aliphatic rings. The number of hydrogen-bond acceptors (Lipinski definition) is 1. The minimum atomic E-state index is -4.51. The van der Waals surface area contributed by atoms with E-state index in [1.807, 2.05) is 0 Å². The standard InChI is InChI=1S/C10H9ClF3NO/c1-6-3-2-4-7(11)9(6)15-8(16)5-10(12,13)14/h2-4H,5H2,1H3,(H,15,16). The topological polar surface area (TPSA) is 29.1 Å². The van der Waals surface area contributed by atoms with Crippen molar-refractivity contribution in [3.63, 3.8) is 0 Å². The van der Waals surface area contributed by atoms with Crippen molar-refractivity contribution in [3.05, 3.63) is 28.8 Å². The van der Waals surface area contributed by atoms with Crippen LogP contribution in [0.5, 0.6) is 0 Å². The zero-order chi connectivity index (χ0) is 12.3. The van der Waals surface area contributed by atoms with Crippen LogP contribution in [0.25, 0.3) is 0 Å². The van der Waals surface area contributed by atoms with E-state index < -0.39 is 18.5 Å². The van der Waals surface area contributed by atoms with Gasteiger partial charge in [0.1, 0.15) is 6.42 Å². The maximum absolute atomic E-state index is 11.9. The van der Waals surface area contributed by atoms with Gasteiger partial charge in [0.25, 0.3) is 0 Å². The first kappa shape index (κ1) is 12.8. The van der Waals surface area contributed by atoms with Crippen molar-refractivity contribution in [1.82, 2.24) is 0 Å². The van der Waals surface area contributed by atoms with Crippen LogP contribution in [-0.2, 0) is 4.79 Å². The van der Waals surface area contributed by atoms with Crippen molar-refractivity contribution >= 4 is 23.2 Å². The van der Waals surface area contributed by atoms with Gasteiger partial charge in [-0.3, -0.25) is 4.79 Å². The lowest BCUT2D eigenvalue weighted by molar-refractivity contribution is -0.150. The zero-order valence-corrected chi connectivity index (χ0v) is 9.12. The first-order chi connectivity index (χ1) is 7.29. The van der Waals surface area contributed by atoms with Gasteiger partial charge >= 0.3 is 6.18 Å². The van der Waals surface area contributed by atoms with Gasteiger partial charge in [-0.05, 0) is 18.6 Å². The molecule has 88 valence electrons. The van der Waals surface area contributed by atoms with Crippen molar-refractivity contribution in [1.29, 1.82) is 0 Å². The highest BCUT2D eigenvalue weighted by Gasteiger charge is 2.31. The summed E-state index contributed by atoms with van der Waals surface area (Å²) in [5, 5.41) is 2.36. The number of amides is 1. The SMILES string of the molecule is Cc1cccc(Cl)c1NC(=O)CC(F)(F)F. The highest BCUT2D eigenvalue weighted by Crippen LogP contribution is 2.27. The third-order valence-corrected chi connectivity index (χ3v) is 2.16. The number of para-hydroxylation sites is 1. The van der Waals surface area contributed by atoms with E-state index in [0.29, 0.717) is 5.56 Å². The number of anilines is 1. The van der Waals surface area contributed by atoms with Gasteiger partial charge in [-0.25, -0.2) is 0 Å². The third-order valence-electron chi connectivity index (χ3n) is 1.85. The van der Waals surface area contributed by atoms with Crippen LogP contribution in [0.3, 0.4) is 0 Å². The fourth-order valence-electron chi connectivity index (χ4n) is 1.16. The number of hydrogen-bond donors (Lipinski definition) is 1. The summed E-state index contributed by atoms with van der Waals surface area (Å²) in [6.45, 7) is 1.65. The molecule has 2 nitrogen and oxygen atoms in total. The fourth-order valence-corrected chi connectivity index (χ4v) is 1.42. The second-order valence-electron chi connectivity index (χ2n) is 3.27. The molecule has 1 N–H and O–H groups in total. The van der Waals surface area contributed by atoms with Crippen molar-refractivity contribution in [3.8, 4) is 0 Å². The normalized spacial score (nSPS) is 11.3. The first-order valence-electron chi connectivity index (χ1n) is 4.41. The molecule has 0 heterocycles. The molecule has 6 heteroatoms. The maximum Gasteiger partial charge on any atom is 0.397 e. The number of rotatable bonds is 2. The molecule has 0 radical (unpaired) electrons. The summed E-state index contributed by atoms with van der Waals surface area (Å²) in [6, 6.07) is 4.80. The molecule has 0 saturated heterocycles. The average molecular weight is 252 g/mol. The average Bonchev–Trinajstić information content (AvgIpc) is 2.08. The van der Waals surface area contributed by atoms with Crippen LogP contribution in [0.4, 0.5) is 18.9 Å². The molecule has 0 spiro atoms. The van der Waals surface area contributed by atoms with Gasteiger partial charge in [-0.2, -0.15) is 13.2 Å². The van der Waals surface area contributed by atoms with Crippen LogP contribution in [0.2, 0.25) is 5.02 Å². The fraction of sp³-hybridized carbons (Fsp3) is 0.300. The Morgan fingerprint density at radius 2 is 2.06 bits per heavy atom. The molecule has 0 bridgehead atoms. The predicted octanol–water partition coefficient (Wildman–Crippen LogP) is 3.54. The highest BCUT2D eigenvalue weighted by molar-refractivity contribution is 6.33. The Hall–Kier alpha value is -1.23. The largest absolute Gasteiger partial charge is 0.397 e. The monoisotopic (exact) mass is 251 g/mol. The Labute approximate surface area is 95.4 Å². The molecule has 1 aromatic carbocycles. The molecule has 0 fully saturated rings. The van der Waals surface area contributed by atoms with Crippen molar-refractivity contribution in [2.45, 2.75) is 19.5 Å². The number of aryl methyl sites for hydroxylation is 1. The summed E-state index contributed by atoms with van der Waals surface area (Å²) < 4.78 is 35.7. The molecule has 0 aliphatic heterocycles. The van der Waals surface area contributed by atoms with Crippen LogP contribution in [-0.4, -0.2) is 12.1 Å². The molecule has 1 aromatic rings. The molecule has 0 aliphatic carbocycles. The van der Waals surface area contributed by atoms with Gasteiger partial charge in [0.15, 0.2) is 0 Å². The van der Waals surface area contributed by atoms with Crippen LogP contribution in [0.15, 0.2) is 18.2 Å². The van der Waals surface area contributed by atoms with Crippen molar-refractivity contribution in [2.24, 2.45) is 0 Å². The molecule has 0 unspecified atom stereocenters. The van der Waals surface area contributed by atoms with Gasteiger partial charge in [0.2, 0.25) is 5.91 Å². The Balaban J connectivity index is 2.78. The molecule has 0 saturated carbocycles. The summed E-state index contributed by atoms with van der Waals surface area (Å²) in [4.78, 5) is 11.0. The van der Waals surface area contributed by atoms with E-state index in [0.717, 1.165) is 0 Å². The van der Waals surface area contributed by atoms with Crippen LogP contribution in [0.1, 0.15) is 12.0 Å². The molecule has 1 rings (SSSR count). The highest BCUT2D eigenvalue weighted by atomic mass is 35.5. The zero-order valence-electron chi connectivity index (χ0n) is 8.36. The van der Waals surface area contributed by atoms with Crippen LogP contribution >= 0.6 is 11.6 Å². The number of carbonyl (C=O) groups excluding carboxylic acids is 1. The molecule has 16 heavy (non-hydrogen) atoms. The lowest BCUT2D eigenvalue weighted by Crippen LogP contribution is -2.21. The second kappa shape index (κ2) is 4.74. The molecule has 1 amide bonds. The lowest BCUT2D eigenvalue weighted by Gasteiger charge is -2.11. The van der Waals surface area contributed by atoms with E-state index in [4.69, 9.17) is 11.6 Å². The van der Waals surface area contributed by atoms with Gasteiger partial charge in [-0.15, -0.1) is 0 Å². The number of alkyl halides is 3. The first-order valence-corrected chi connectivity index (χ1v) is 4.79. The third kappa shape index (κ3) is 3.73. The quantitative estimate of drug-likeness (QED) is 0.856. The summed E-state index contributed by atoms with van der Waals surface area (Å²) in [7, 11) is 0. The number of nitrogens with one attached hydrogen (secondary N) is 1. The maximum atomic E-state index is 11.9. The minimum Gasteiger partial charge on any atom is -0.324 e. The van der Waals surface area contributed by atoms with Gasteiger partial charge in [0, 0.05) is 0 Å². The van der Waals surface area contributed by atoms with Gasteiger partial charge in [0.05, 0.1) is 10.7 Å². The van der Waals surface area contributed by atoms with E-state index >= 15 is 0 Å². The van der Waals surface area contributed by atoms with E-state index in [1.165, 1.54) is 6.07 Å². The lowest BCUT2D eigenvalue weighted by atomic mass is 10.2. The molecule has 0 atom stereocenters.